The lowest BCUT2D eigenvalue weighted by atomic mass is 10.1. The second-order valence-electron chi connectivity index (χ2n) is 5.52. The average molecular weight is 334 g/mol. The maximum absolute atomic E-state index is 12.6. The standard InChI is InChI=1S/C16H18N2O4S/c1-22-16(21)15-18-12(10-23-15)14(20)17(9-13(18)19)8-7-11-5-3-2-4-6-11/h2-6,12,15H,7-10H2,1H3. The third kappa shape index (κ3) is 3.06. The number of fused-ring (bicyclic) bond motifs is 1. The molecular formula is C16H18N2O4S. The van der Waals surface area contributed by atoms with Gasteiger partial charge in [-0.1, -0.05) is 30.3 Å². The smallest absolute Gasteiger partial charge is 0.339 e. The highest BCUT2D eigenvalue weighted by molar-refractivity contribution is 8.00. The van der Waals surface area contributed by atoms with E-state index in [9.17, 15) is 14.4 Å². The van der Waals surface area contributed by atoms with Gasteiger partial charge in [-0.05, 0) is 12.0 Å². The summed E-state index contributed by atoms with van der Waals surface area (Å²) in [7, 11) is 1.29. The molecule has 2 heterocycles. The second-order valence-corrected chi connectivity index (χ2v) is 6.63. The Labute approximate surface area is 138 Å². The average Bonchev–Trinajstić information content (AvgIpc) is 3.03. The Morgan fingerprint density at radius 3 is 2.74 bits per heavy atom. The van der Waals surface area contributed by atoms with Crippen LogP contribution in [0.2, 0.25) is 0 Å². The van der Waals surface area contributed by atoms with E-state index in [1.165, 1.54) is 23.8 Å². The summed E-state index contributed by atoms with van der Waals surface area (Å²) in [6.07, 6.45) is 0.708. The molecule has 0 aromatic heterocycles. The zero-order valence-corrected chi connectivity index (χ0v) is 13.6. The molecule has 2 unspecified atom stereocenters. The molecule has 2 aliphatic rings. The summed E-state index contributed by atoms with van der Waals surface area (Å²) in [5.74, 6) is -0.314. The number of amides is 2. The van der Waals surface area contributed by atoms with E-state index in [4.69, 9.17) is 4.74 Å². The van der Waals surface area contributed by atoms with Crippen LogP contribution >= 0.6 is 11.8 Å². The first-order valence-corrected chi connectivity index (χ1v) is 8.50. The fourth-order valence-electron chi connectivity index (χ4n) is 2.92. The summed E-state index contributed by atoms with van der Waals surface area (Å²) in [6, 6.07) is 9.30. The van der Waals surface area contributed by atoms with Gasteiger partial charge < -0.3 is 14.5 Å². The summed E-state index contributed by atoms with van der Waals surface area (Å²) in [4.78, 5) is 39.7. The Morgan fingerprint density at radius 1 is 1.30 bits per heavy atom. The third-order valence-corrected chi connectivity index (χ3v) is 5.37. The van der Waals surface area contributed by atoms with Gasteiger partial charge in [-0.25, -0.2) is 4.79 Å². The zero-order chi connectivity index (χ0) is 16.4. The van der Waals surface area contributed by atoms with Gasteiger partial charge in [0.05, 0.1) is 13.7 Å². The zero-order valence-electron chi connectivity index (χ0n) is 12.8. The number of methoxy groups -OCH3 is 1. The van der Waals surface area contributed by atoms with E-state index >= 15 is 0 Å². The molecule has 2 amide bonds. The number of piperazine rings is 1. The predicted octanol–water partition coefficient (Wildman–Crippen LogP) is 0.514. The summed E-state index contributed by atoms with van der Waals surface area (Å²) >= 11 is 1.29. The third-order valence-electron chi connectivity index (χ3n) is 4.13. The molecule has 0 aliphatic carbocycles. The van der Waals surface area contributed by atoms with E-state index in [2.05, 4.69) is 0 Å². The van der Waals surface area contributed by atoms with Crippen LogP contribution < -0.4 is 0 Å². The van der Waals surface area contributed by atoms with Crippen LogP contribution in [0.5, 0.6) is 0 Å². The number of benzene rings is 1. The number of hydrogen-bond acceptors (Lipinski definition) is 5. The summed E-state index contributed by atoms with van der Waals surface area (Å²) in [5, 5.41) is -0.697. The maximum atomic E-state index is 12.6. The molecule has 2 atom stereocenters. The molecule has 3 rings (SSSR count). The molecule has 23 heavy (non-hydrogen) atoms. The number of carbonyl (C=O) groups excluding carboxylic acids is 3. The monoisotopic (exact) mass is 334 g/mol. The van der Waals surface area contributed by atoms with Crippen molar-refractivity contribution in [1.29, 1.82) is 0 Å². The number of nitrogens with zero attached hydrogens (tertiary/aromatic N) is 2. The minimum atomic E-state index is -0.697. The SMILES string of the molecule is COC(=O)C1SCC2C(=O)N(CCc3ccccc3)CC(=O)N21. The Kier molecular flexibility index (Phi) is 4.56. The second kappa shape index (κ2) is 6.62. The number of esters is 1. The van der Waals surface area contributed by atoms with Crippen LogP contribution in [0, 0.1) is 0 Å². The normalized spacial score (nSPS) is 23.9. The first-order valence-electron chi connectivity index (χ1n) is 7.45. The van der Waals surface area contributed by atoms with Crippen molar-refractivity contribution in [2.45, 2.75) is 17.8 Å². The van der Waals surface area contributed by atoms with Gasteiger partial charge in [0.25, 0.3) is 0 Å². The molecule has 1 aromatic carbocycles. The Bertz CT molecular complexity index is 622. The molecule has 6 nitrogen and oxygen atoms in total. The van der Waals surface area contributed by atoms with Crippen molar-refractivity contribution >= 4 is 29.5 Å². The van der Waals surface area contributed by atoms with Crippen molar-refractivity contribution in [3.05, 3.63) is 35.9 Å². The lowest BCUT2D eigenvalue weighted by Crippen LogP contribution is -2.61. The predicted molar refractivity (Wildman–Crippen MR) is 85.6 cm³/mol. The molecule has 2 fully saturated rings. The number of thioether (sulfide) groups is 1. The molecular weight excluding hydrogens is 316 g/mol. The quantitative estimate of drug-likeness (QED) is 0.751. The van der Waals surface area contributed by atoms with Crippen molar-refractivity contribution < 1.29 is 19.1 Å². The number of hydrogen-bond donors (Lipinski definition) is 0. The topological polar surface area (TPSA) is 66.9 Å². The van der Waals surface area contributed by atoms with Gasteiger partial charge in [0, 0.05) is 12.3 Å². The van der Waals surface area contributed by atoms with Crippen LogP contribution in [-0.4, -0.2) is 65.0 Å². The highest BCUT2D eigenvalue weighted by Gasteiger charge is 2.50. The first kappa shape index (κ1) is 15.9. The van der Waals surface area contributed by atoms with Gasteiger partial charge in [-0.3, -0.25) is 9.59 Å². The lowest BCUT2D eigenvalue weighted by molar-refractivity contribution is -0.159. The van der Waals surface area contributed by atoms with Crippen molar-refractivity contribution in [2.24, 2.45) is 0 Å². The van der Waals surface area contributed by atoms with Crippen LogP contribution in [0.4, 0.5) is 0 Å². The summed E-state index contributed by atoms with van der Waals surface area (Å²) in [6.45, 7) is 0.530. The molecule has 0 radical (unpaired) electrons. The van der Waals surface area contributed by atoms with E-state index < -0.39 is 17.4 Å². The Balaban J connectivity index is 1.68. The molecule has 2 aliphatic heterocycles. The molecule has 0 N–H and O–H groups in total. The molecule has 7 heteroatoms. The molecule has 2 saturated heterocycles. The highest BCUT2D eigenvalue weighted by Crippen LogP contribution is 2.33. The van der Waals surface area contributed by atoms with E-state index in [1.807, 2.05) is 30.3 Å². The van der Waals surface area contributed by atoms with Gasteiger partial charge in [0.15, 0.2) is 5.37 Å². The number of rotatable bonds is 4. The van der Waals surface area contributed by atoms with E-state index in [-0.39, 0.29) is 18.4 Å². The molecule has 1 aromatic rings. The van der Waals surface area contributed by atoms with E-state index in [0.717, 1.165) is 5.56 Å². The number of ether oxygens (including phenoxy) is 1. The first-order chi connectivity index (χ1) is 11.1. The van der Waals surface area contributed by atoms with Gasteiger partial charge in [-0.15, -0.1) is 11.8 Å². The van der Waals surface area contributed by atoms with Crippen molar-refractivity contribution in [3.63, 3.8) is 0 Å². The Morgan fingerprint density at radius 2 is 2.04 bits per heavy atom. The largest absolute Gasteiger partial charge is 0.467 e. The maximum Gasteiger partial charge on any atom is 0.339 e. The lowest BCUT2D eigenvalue weighted by Gasteiger charge is -2.37. The molecule has 0 bridgehead atoms. The van der Waals surface area contributed by atoms with E-state index in [1.54, 1.807) is 4.90 Å². The number of carbonyl (C=O) groups is 3. The summed E-state index contributed by atoms with van der Waals surface area (Å²) in [5.41, 5.74) is 1.13. The van der Waals surface area contributed by atoms with Gasteiger partial charge in [0.2, 0.25) is 11.8 Å². The van der Waals surface area contributed by atoms with Crippen LogP contribution in [0.1, 0.15) is 5.56 Å². The van der Waals surface area contributed by atoms with Crippen LogP contribution in [-0.2, 0) is 25.5 Å². The van der Waals surface area contributed by atoms with Crippen molar-refractivity contribution in [1.82, 2.24) is 9.80 Å². The van der Waals surface area contributed by atoms with Crippen molar-refractivity contribution in [3.8, 4) is 0 Å². The minimum Gasteiger partial charge on any atom is -0.467 e. The van der Waals surface area contributed by atoms with Gasteiger partial charge >= 0.3 is 5.97 Å². The van der Waals surface area contributed by atoms with Gasteiger partial charge in [0.1, 0.15) is 6.04 Å². The molecule has 122 valence electrons. The highest BCUT2D eigenvalue weighted by atomic mass is 32.2. The summed E-state index contributed by atoms with van der Waals surface area (Å²) < 4.78 is 4.72. The van der Waals surface area contributed by atoms with Crippen LogP contribution in [0.3, 0.4) is 0 Å². The fraction of sp³-hybridized carbons (Fsp3) is 0.438. The van der Waals surface area contributed by atoms with E-state index in [0.29, 0.717) is 18.7 Å². The molecule has 0 saturated carbocycles. The van der Waals surface area contributed by atoms with Crippen LogP contribution in [0.25, 0.3) is 0 Å². The van der Waals surface area contributed by atoms with Crippen molar-refractivity contribution in [2.75, 3.05) is 26.0 Å². The molecule has 0 spiro atoms. The van der Waals surface area contributed by atoms with Crippen LogP contribution in [0.15, 0.2) is 30.3 Å². The fourth-order valence-corrected chi connectivity index (χ4v) is 4.24. The minimum absolute atomic E-state index is 0.0240. The van der Waals surface area contributed by atoms with Gasteiger partial charge in [-0.2, -0.15) is 0 Å². The Hall–Kier alpha value is -2.02.